The molecule has 7 nitrogen and oxygen atoms in total. The van der Waals surface area contributed by atoms with Crippen molar-refractivity contribution < 1.29 is 24.2 Å². The van der Waals surface area contributed by atoms with Crippen molar-refractivity contribution in [1.29, 1.82) is 0 Å². The number of carboxylic acids is 1. The van der Waals surface area contributed by atoms with E-state index in [2.05, 4.69) is 10.6 Å². The monoisotopic (exact) mass is 370 g/mol. The highest BCUT2D eigenvalue weighted by molar-refractivity contribution is 7.10. The lowest BCUT2D eigenvalue weighted by atomic mass is 10.1. The van der Waals surface area contributed by atoms with Gasteiger partial charge in [-0.15, -0.1) is 11.3 Å². The van der Waals surface area contributed by atoms with E-state index in [4.69, 9.17) is 4.74 Å². The highest BCUT2D eigenvalue weighted by atomic mass is 32.1. The van der Waals surface area contributed by atoms with Crippen molar-refractivity contribution in [2.75, 3.05) is 6.61 Å². The van der Waals surface area contributed by atoms with Gasteiger partial charge >= 0.3 is 5.97 Å². The van der Waals surface area contributed by atoms with Crippen LogP contribution in [0.4, 0.5) is 0 Å². The van der Waals surface area contributed by atoms with Gasteiger partial charge in [-0.05, 0) is 32.2 Å². The molecule has 8 heteroatoms. The summed E-state index contributed by atoms with van der Waals surface area (Å²) in [6.07, 6.45) is 0.145. The summed E-state index contributed by atoms with van der Waals surface area (Å²) in [5, 5.41) is 16.4. The van der Waals surface area contributed by atoms with Crippen molar-refractivity contribution in [2.45, 2.75) is 58.2 Å². The second-order valence-electron chi connectivity index (χ2n) is 6.68. The van der Waals surface area contributed by atoms with Crippen LogP contribution in [0.5, 0.6) is 0 Å². The van der Waals surface area contributed by atoms with Crippen LogP contribution in [0.1, 0.15) is 51.5 Å². The Balaban J connectivity index is 2.62. The first-order valence-corrected chi connectivity index (χ1v) is 8.93. The van der Waals surface area contributed by atoms with E-state index in [9.17, 15) is 19.5 Å². The first kappa shape index (κ1) is 21.1. The van der Waals surface area contributed by atoms with Gasteiger partial charge in [0.25, 0.3) is 0 Å². The van der Waals surface area contributed by atoms with Gasteiger partial charge in [-0.3, -0.25) is 9.59 Å². The van der Waals surface area contributed by atoms with Gasteiger partial charge in [0.2, 0.25) is 11.8 Å². The van der Waals surface area contributed by atoms with Gasteiger partial charge in [-0.1, -0.05) is 6.07 Å². The van der Waals surface area contributed by atoms with E-state index in [1.165, 1.54) is 18.3 Å². The number of carbonyl (C=O) groups excluding carboxylic acids is 2. The fourth-order valence-electron chi connectivity index (χ4n) is 2.14. The van der Waals surface area contributed by atoms with Crippen LogP contribution in [0.15, 0.2) is 17.5 Å². The molecule has 25 heavy (non-hydrogen) atoms. The molecule has 0 aliphatic rings. The van der Waals surface area contributed by atoms with Gasteiger partial charge < -0.3 is 20.5 Å². The van der Waals surface area contributed by atoms with E-state index >= 15 is 0 Å². The van der Waals surface area contributed by atoms with Gasteiger partial charge in [0.15, 0.2) is 0 Å². The number of hydrogen-bond donors (Lipinski definition) is 3. The summed E-state index contributed by atoms with van der Waals surface area (Å²) < 4.78 is 5.51. The average molecular weight is 370 g/mol. The topological polar surface area (TPSA) is 105 Å². The summed E-state index contributed by atoms with van der Waals surface area (Å²) in [6, 6.07) is 2.15. The van der Waals surface area contributed by atoms with Crippen LogP contribution >= 0.6 is 11.3 Å². The van der Waals surface area contributed by atoms with Crippen molar-refractivity contribution in [2.24, 2.45) is 0 Å². The van der Waals surface area contributed by atoms with Crippen LogP contribution in [0.3, 0.4) is 0 Å². The van der Waals surface area contributed by atoms with E-state index in [-0.39, 0.29) is 31.0 Å². The number of hydrogen-bond acceptors (Lipinski definition) is 5. The normalized spacial score (nSPS) is 13.8. The molecule has 0 aliphatic heterocycles. The molecule has 0 bridgehead atoms. The summed E-state index contributed by atoms with van der Waals surface area (Å²) >= 11 is 1.43. The largest absolute Gasteiger partial charge is 0.480 e. The molecule has 2 unspecified atom stereocenters. The molecule has 0 saturated heterocycles. The number of rotatable bonds is 9. The molecule has 140 valence electrons. The number of carbonyl (C=O) groups is 3. The quantitative estimate of drug-likeness (QED) is 0.617. The molecule has 1 heterocycles. The third kappa shape index (κ3) is 8.64. The minimum Gasteiger partial charge on any atom is -0.480 e. The van der Waals surface area contributed by atoms with Gasteiger partial charge in [-0.2, -0.15) is 0 Å². The summed E-state index contributed by atoms with van der Waals surface area (Å²) in [7, 11) is 0. The SMILES string of the molecule is CC(=O)NC(CC(=O)NC(CCOC(C)(C)C)C(=O)O)c1cccs1. The molecule has 2 amide bonds. The standard InChI is InChI=1S/C17H26N2O5S/c1-11(20)18-13(14-6-5-9-25-14)10-15(21)19-12(16(22)23)7-8-24-17(2,3)4/h5-6,9,12-13H,7-8,10H2,1-4H3,(H,18,20)(H,19,21)(H,22,23). The number of aliphatic carboxylic acids is 1. The second kappa shape index (κ2) is 9.53. The van der Waals surface area contributed by atoms with Crippen LogP contribution in [0.2, 0.25) is 0 Å². The minimum absolute atomic E-state index is 0.0238. The van der Waals surface area contributed by atoms with E-state index < -0.39 is 24.0 Å². The third-order valence-electron chi connectivity index (χ3n) is 3.23. The number of thiophene rings is 1. The Bertz CT molecular complexity index is 580. The fourth-order valence-corrected chi connectivity index (χ4v) is 2.91. The molecular formula is C17H26N2O5S. The van der Waals surface area contributed by atoms with E-state index in [1.807, 2.05) is 38.3 Å². The molecular weight excluding hydrogens is 344 g/mol. The van der Waals surface area contributed by atoms with Crippen LogP contribution in [0.25, 0.3) is 0 Å². The smallest absolute Gasteiger partial charge is 0.326 e. The van der Waals surface area contributed by atoms with Crippen LogP contribution in [-0.2, 0) is 19.1 Å². The highest BCUT2D eigenvalue weighted by Crippen LogP contribution is 2.22. The van der Waals surface area contributed by atoms with Gasteiger partial charge in [0, 0.05) is 24.8 Å². The van der Waals surface area contributed by atoms with Crippen molar-refractivity contribution in [3.8, 4) is 0 Å². The number of ether oxygens (including phenoxy) is 1. The highest BCUT2D eigenvalue weighted by Gasteiger charge is 2.24. The molecule has 0 saturated carbocycles. The maximum absolute atomic E-state index is 12.2. The molecule has 3 N–H and O–H groups in total. The molecule has 1 aromatic rings. The maximum atomic E-state index is 12.2. The zero-order chi connectivity index (χ0) is 19.0. The second-order valence-corrected chi connectivity index (χ2v) is 7.66. The van der Waals surface area contributed by atoms with Crippen molar-refractivity contribution in [3.05, 3.63) is 22.4 Å². The van der Waals surface area contributed by atoms with Crippen molar-refractivity contribution >= 4 is 29.1 Å². The number of carboxylic acid groups (broad SMARTS) is 1. The number of nitrogens with one attached hydrogen (secondary N) is 2. The lowest BCUT2D eigenvalue weighted by Gasteiger charge is -2.22. The van der Waals surface area contributed by atoms with Crippen molar-refractivity contribution in [3.63, 3.8) is 0 Å². The molecule has 0 spiro atoms. The Hall–Kier alpha value is -1.93. The zero-order valence-electron chi connectivity index (χ0n) is 15.0. The van der Waals surface area contributed by atoms with E-state index in [0.29, 0.717) is 0 Å². The molecule has 0 fully saturated rings. The molecule has 1 aromatic heterocycles. The fraction of sp³-hybridized carbons (Fsp3) is 0.588. The molecule has 1 rings (SSSR count). The Morgan fingerprint density at radius 1 is 1.28 bits per heavy atom. The lowest BCUT2D eigenvalue weighted by Crippen LogP contribution is -2.43. The predicted octanol–water partition coefficient (Wildman–Crippen LogP) is 2.09. The summed E-state index contributed by atoms with van der Waals surface area (Å²) in [5.74, 6) is -1.80. The van der Waals surface area contributed by atoms with Gasteiger partial charge in [0.05, 0.1) is 18.1 Å². The first-order chi connectivity index (χ1) is 11.6. The Labute approximate surface area is 151 Å². The summed E-state index contributed by atoms with van der Waals surface area (Å²) in [6.45, 7) is 7.23. The number of amides is 2. The first-order valence-electron chi connectivity index (χ1n) is 8.05. The van der Waals surface area contributed by atoms with Crippen molar-refractivity contribution in [1.82, 2.24) is 10.6 Å². The van der Waals surface area contributed by atoms with Crippen LogP contribution in [0, 0.1) is 0 Å². The minimum atomic E-state index is -1.11. The van der Waals surface area contributed by atoms with E-state index in [1.54, 1.807) is 0 Å². The Kier molecular flexibility index (Phi) is 8.05. The van der Waals surface area contributed by atoms with Crippen LogP contribution < -0.4 is 10.6 Å². The van der Waals surface area contributed by atoms with Gasteiger partial charge in [0.1, 0.15) is 6.04 Å². The lowest BCUT2D eigenvalue weighted by molar-refractivity contribution is -0.143. The summed E-state index contributed by atoms with van der Waals surface area (Å²) in [5.41, 5.74) is -0.372. The maximum Gasteiger partial charge on any atom is 0.326 e. The molecule has 2 atom stereocenters. The Morgan fingerprint density at radius 3 is 2.44 bits per heavy atom. The predicted molar refractivity (Wildman–Crippen MR) is 95.4 cm³/mol. The molecule has 0 radical (unpaired) electrons. The van der Waals surface area contributed by atoms with Gasteiger partial charge in [-0.25, -0.2) is 4.79 Å². The third-order valence-corrected chi connectivity index (χ3v) is 4.21. The Morgan fingerprint density at radius 2 is 1.96 bits per heavy atom. The zero-order valence-corrected chi connectivity index (χ0v) is 15.8. The summed E-state index contributed by atoms with van der Waals surface area (Å²) in [4.78, 5) is 35.8. The van der Waals surface area contributed by atoms with Crippen LogP contribution in [-0.4, -0.2) is 41.1 Å². The average Bonchev–Trinajstić information content (AvgIpc) is 2.97. The van der Waals surface area contributed by atoms with E-state index in [0.717, 1.165) is 4.88 Å². The molecule has 0 aliphatic carbocycles. The molecule has 0 aromatic carbocycles.